The van der Waals surface area contributed by atoms with Crippen LogP contribution in [0.15, 0.2) is 53.4 Å². The smallest absolute Gasteiger partial charge is 0.323 e. The highest BCUT2D eigenvalue weighted by molar-refractivity contribution is 7.89. The molecule has 2 rings (SSSR count). The maximum atomic E-state index is 12.7. The lowest BCUT2D eigenvalue weighted by Gasteiger charge is -2.08. The molecule has 0 aliphatic rings. The van der Waals surface area contributed by atoms with Crippen LogP contribution < -0.4 is 10.5 Å². The summed E-state index contributed by atoms with van der Waals surface area (Å²) in [5.74, 6) is -0.637. The summed E-state index contributed by atoms with van der Waals surface area (Å²) in [6.07, 6.45) is -2.37. The van der Waals surface area contributed by atoms with E-state index in [1.807, 2.05) is 0 Å². The molecule has 10 heteroatoms. The van der Waals surface area contributed by atoms with Crippen LogP contribution in [0.25, 0.3) is 6.08 Å². The first-order chi connectivity index (χ1) is 12.0. The molecule has 1 amide bonds. The van der Waals surface area contributed by atoms with Crippen LogP contribution in [-0.4, -0.2) is 14.3 Å². The maximum absolute atomic E-state index is 12.7. The van der Waals surface area contributed by atoms with Crippen LogP contribution in [0.3, 0.4) is 0 Å². The van der Waals surface area contributed by atoms with Gasteiger partial charge in [-0.15, -0.1) is 0 Å². The maximum Gasteiger partial charge on any atom is 0.416 e. The van der Waals surface area contributed by atoms with Gasteiger partial charge in [0, 0.05) is 16.8 Å². The molecule has 0 bridgehead atoms. The Morgan fingerprint density at radius 2 is 1.73 bits per heavy atom. The molecule has 0 heterocycles. The largest absolute Gasteiger partial charge is 0.416 e. The number of anilines is 1. The van der Waals surface area contributed by atoms with Crippen molar-refractivity contribution in [2.45, 2.75) is 11.1 Å². The number of nitrogens with one attached hydrogen (secondary N) is 1. The molecule has 0 radical (unpaired) electrons. The molecule has 2 aromatic rings. The molecule has 0 aliphatic heterocycles. The van der Waals surface area contributed by atoms with Gasteiger partial charge in [0.05, 0.1) is 10.5 Å². The molecule has 0 unspecified atom stereocenters. The van der Waals surface area contributed by atoms with Crippen molar-refractivity contribution >= 4 is 39.3 Å². The van der Waals surface area contributed by atoms with Crippen LogP contribution in [0.4, 0.5) is 18.9 Å². The fourth-order valence-corrected chi connectivity index (χ4v) is 2.62. The van der Waals surface area contributed by atoms with Gasteiger partial charge in [-0.1, -0.05) is 11.6 Å². The summed E-state index contributed by atoms with van der Waals surface area (Å²) in [6.45, 7) is 0. The van der Waals surface area contributed by atoms with Crippen molar-refractivity contribution < 1.29 is 26.4 Å². The Balaban J connectivity index is 2.13. The zero-order valence-electron chi connectivity index (χ0n) is 12.9. The molecule has 0 fully saturated rings. The van der Waals surface area contributed by atoms with Gasteiger partial charge in [0.1, 0.15) is 0 Å². The molecule has 0 saturated carbocycles. The molecule has 0 saturated heterocycles. The van der Waals surface area contributed by atoms with Crippen LogP contribution in [0, 0.1) is 0 Å². The molecule has 2 aromatic carbocycles. The fraction of sp³-hybridized carbons (Fsp3) is 0.0625. The van der Waals surface area contributed by atoms with E-state index in [0.717, 1.165) is 30.4 Å². The minimum atomic E-state index is -4.53. The fourth-order valence-electron chi connectivity index (χ4n) is 1.93. The van der Waals surface area contributed by atoms with Crippen LogP contribution in [-0.2, 0) is 21.0 Å². The number of sulfonamides is 1. The number of alkyl halides is 3. The molecule has 0 aromatic heterocycles. The SMILES string of the molecule is NS(=O)(=O)c1ccc(NC(=O)/C=C/c2cc(C(F)(F)F)ccc2Cl)cc1. The van der Waals surface area contributed by atoms with Gasteiger partial charge < -0.3 is 5.32 Å². The van der Waals surface area contributed by atoms with Gasteiger partial charge in [-0.3, -0.25) is 4.79 Å². The van der Waals surface area contributed by atoms with Crippen LogP contribution >= 0.6 is 11.6 Å². The van der Waals surface area contributed by atoms with E-state index in [-0.39, 0.29) is 21.2 Å². The minimum Gasteiger partial charge on any atom is -0.323 e. The highest BCUT2D eigenvalue weighted by atomic mass is 35.5. The van der Waals surface area contributed by atoms with E-state index < -0.39 is 27.7 Å². The number of hydrogen-bond acceptors (Lipinski definition) is 3. The Morgan fingerprint density at radius 3 is 2.27 bits per heavy atom. The molecule has 0 aliphatic carbocycles. The second-order valence-corrected chi connectivity index (χ2v) is 7.09. The summed E-state index contributed by atoms with van der Waals surface area (Å²) >= 11 is 5.83. The second kappa shape index (κ2) is 7.48. The zero-order chi connectivity index (χ0) is 19.5. The number of carbonyl (C=O) groups is 1. The molecule has 138 valence electrons. The van der Waals surface area contributed by atoms with E-state index in [2.05, 4.69) is 5.32 Å². The highest BCUT2D eigenvalue weighted by Crippen LogP contribution is 2.32. The van der Waals surface area contributed by atoms with Crippen molar-refractivity contribution in [1.29, 1.82) is 0 Å². The topological polar surface area (TPSA) is 89.3 Å². The van der Waals surface area contributed by atoms with E-state index in [1.54, 1.807) is 0 Å². The first-order valence-corrected chi connectivity index (χ1v) is 8.88. The number of nitrogens with two attached hydrogens (primary N) is 1. The predicted octanol–water partition coefficient (Wildman–Crippen LogP) is 3.66. The van der Waals surface area contributed by atoms with Crippen molar-refractivity contribution in [3.05, 3.63) is 64.7 Å². The van der Waals surface area contributed by atoms with E-state index in [0.29, 0.717) is 0 Å². The summed E-state index contributed by atoms with van der Waals surface area (Å²) in [5, 5.41) is 7.44. The summed E-state index contributed by atoms with van der Waals surface area (Å²) < 4.78 is 60.4. The number of amides is 1. The number of halogens is 4. The van der Waals surface area contributed by atoms with Crippen molar-refractivity contribution in [3.63, 3.8) is 0 Å². The summed E-state index contributed by atoms with van der Waals surface area (Å²) in [4.78, 5) is 11.7. The lowest BCUT2D eigenvalue weighted by atomic mass is 10.1. The van der Waals surface area contributed by atoms with E-state index in [4.69, 9.17) is 16.7 Å². The lowest BCUT2D eigenvalue weighted by molar-refractivity contribution is -0.137. The van der Waals surface area contributed by atoms with Gasteiger partial charge in [0.15, 0.2) is 0 Å². The van der Waals surface area contributed by atoms with Gasteiger partial charge in [-0.05, 0) is 54.1 Å². The molecular weight excluding hydrogens is 393 g/mol. The predicted molar refractivity (Wildman–Crippen MR) is 91.9 cm³/mol. The van der Waals surface area contributed by atoms with E-state index in [1.165, 1.54) is 24.3 Å². The van der Waals surface area contributed by atoms with Crippen molar-refractivity contribution in [1.82, 2.24) is 0 Å². The third-order valence-corrected chi connectivity index (χ3v) is 4.46. The third kappa shape index (κ3) is 5.32. The van der Waals surface area contributed by atoms with Crippen LogP contribution in [0.1, 0.15) is 11.1 Å². The van der Waals surface area contributed by atoms with Gasteiger partial charge in [0.2, 0.25) is 15.9 Å². The quantitative estimate of drug-likeness (QED) is 0.762. The van der Waals surface area contributed by atoms with Crippen molar-refractivity contribution in [2.24, 2.45) is 5.14 Å². The van der Waals surface area contributed by atoms with Gasteiger partial charge in [-0.25, -0.2) is 13.6 Å². The summed E-state index contributed by atoms with van der Waals surface area (Å²) in [7, 11) is -3.85. The minimum absolute atomic E-state index is 0.0289. The Bertz CT molecular complexity index is 956. The Labute approximate surface area is 152 Å². The monoisotopic (exact) mass is 404 g/mol. The number of carbonyl (C=O) groups excluding carboxylic acids is 1. The van der Waals surface area contributed by atoms with Gasteiger partial charge >= 0.3 is 6.18 Å². The second-order valence-electron chi connectivity index (χ2n) is 5.13. The van der Waals surface area contributed by atoms with Crippen molar-refractivity contribution in [3.8, 4) is 0 Å². The first kappa shape index (κ1) is 20.0. The number of hydrogen-bond donors (Lipinski definition) is 2. The molecule has 0 spiro atoms. The number of rotatable bonds is 4. The average Bonchev–Trinajstić information content (AvgIpc) is 2.52. The molecule has 0 atom stereocenters. The van der Waals surface area contributed by atoms with E-state index in [9.17, 15) is 26.4 Å². The molecule has 3 N–H and O–H groups in total. The third-order valence-electron chi connectivity index (χ3n) is 3.19. The van der Waals surface area contributed by atoms with Gasteiger partial charge in [0.25, 0.3) is 0 Å². The number of primary sulfonamides is 1. The Kier molecular flexibility index (Phi) is 5.74. The highest BCUT2D eigenvalue weighted by Gasteiger charge is 2.30. The average molecular weight is 405 g/mol. The standard InChI is InChI=1S/C16H12ClF3N2O3S/c17-14-7-2-11(16(18,19)20)9-10(14)1-8-15(23)22-12-3-5-13(6-4-12)26(21,24)25/h1-9H,(H,22,23)(H2,21,24,25)/b8-1+. The first-order valence-electron chi connectivity index (χ1n) is 6.95. The molecule has 5 nitrogen and oxygen atoms in total. The number of benzene rings is 2. The van der Waals surface area contributed by atoms with Crippen LogP contribution in [0.2, 0.25) is 5.02 Å². The molecule has 26 heavy (non-hydrogen) atoms. The molecular formula is C16H12ClF3N2O3S. The zero-order valence-corrected chi connectivity index (χ0v) is 14.5. The lowest BCUT2D eigenvalue weighted by Crippen LogP contribution is -2.12. The normalized spacial score (nSPS) is 12.3. The Hall–Kier alpha value is -2.36. The summed E-state index contributed by atoms with van der Waals surface area (Å²) in [5.41, 5.74) is -0.580. The summed E-state index contributed by atoms with van der Waals surface area (Å²) in [6, 6.07) is 7.82. The van der Waals surface area contributed by atoms with Crippen LogP contribution in [0.5, 0.6) is 0 Å². The Morgan fingerprint density at radius 1 is 1.12 bits per heavy atom. The van der Waals surface area contributed by atoms with E-state index >= 15 is 0 Å². The van der Waals surface area contributed by atoms with Crippen molar-refractivity contribution in [2.75, 3.05) is 5.32 Å². The van der Waals surface area contributed by atoms with Gasteiger partial charge in [-0.2, -0.15) is 13.2 Å².